The second-order valence-corrected chi connectivity index (χ2v) is 5.05. The second-order valence-electron chi connectivity index (χ2n) is 5.05. The van der Waals surface area contributed by atoms with Crippen molar-refractivity contribution in [3.63, 3.8) is 0 Å². The number of carboxylic acids is 1. The maximum Gasteiger partial charge on any atom is 0.339 e. The fourth-order valence-electron chi connectivity index (χ4n) is 2.85. The minimum atomic E-state index is -1.13. The molecular formula is C17H11NNaO3. The van der Waals surface area contributed by atoms with Gasteiger partial charge in [-0.2, -0.15) is 0 Å². The summed E-state index contributed by atoms with van der Waals surface area (Å²) in [6.45, 7) is 0. The minimum absolute atomic E-state index is 0. The molecule has 0 aliphatic rings. The fraction of sp³-hybridized carbons (Fsp3) is 0. The fourth-order valence-corrected chi connectivity index (χ4v) is 2.85. The Kier molecular flexibility index (Phi) is 3.60. The number of carboxylic acid groups (broad SMARTS) is 1. The summed E-state index contributed by atoms with van der Waals surface area (Å²) in [4.78, 5) is 14.4. The van der Waals surface area contributed by atoms with Crippen molar-refractivity contribution in [1.29, 1.82) is 0 Å². The van der Waals surface area contributed by atoms with E-state index in [1.165, 1.54) is 12.1 Å². The predicted molar refractivity (Wildman–Crippen MR) is 87.7 cm³/mol. The molecule has 0 fully saturated rings. The van der Waals surface area contributed by atoms with Crippen LogP contribution < -0.4 is 0 Å². The Balaban J connectivity index is 0.00000144. The first-order chi connectivity index (χ1) is 10.1. The van der Waals surface area contributed by atoms with Gasteiger partial charge in [0.05, 0.1) is 5.52 Å². The monoisotopic (exact) mass is 300 g/mol. The van der Waals surface area contributed by atoms with Crippen LogP contribution in [0, 0.1) is 0 Å². The molecule has 1 aromatic heterocycles. The van der Waals surface area contributed by atoms with Crippen molar-refractivity contribution in [2.45, 2.75) is 0 Å². The molecule has 0 unspecified atom stereocenters. The Labute approximate surface area is 147 Å². The first-order valence-corrected chi connectivity index (χ1v) is 6.54. The van der Waals surface area contributed by atoms with Gasteiger partial charge in [-0.15, -0.1) is 0 Å². The van der Waals surface area contributed by atoms with Crippen molar-refractivity contribution >= 4 is 68.1 Å². The summed E-state index contributed by atoms with van der Waals surface area (Å²) in [5, 5.41) is 22.8. The van der Waals surface area contributed by atoms with Crippen LogP contribution in [0.1, 0.15) is 10.4 Å². The number of hydrogen-bond donors (Lipinski definition) is 3. The first-order valence-electron chi connectivity index (χ1n) is 6.54. The van der Waals surface area contributed by atoms with Crippen molar-refractivity contribution in [3.8, 4) is 5.75 Å². The van der Waals surface area contributed by atoms with E-state index in [-0.39, 0.29) is 40.9 Å². The number of benzene rings is 3. The van der Waals surface area contributed by atoms with Crippen molar-refractivity contribution < 1.29 is 15.0 Å². The van der Waals surface area contributed by atoms with E-state index in [0.717, 1.165) is 32.6 Å². The normalized spacial score (nSPS) is 10.9. The molecule has 0 spiro atoms. The smallest absolute Gasteiger partial charge is 0.339 e. The van der Waals surface area contributed by atoms with Crippen LogP contribution in [0.2, 0.25) is 0 Å². The largest absolute Gasteiger partial charge is 0.507 e. The zero-order valence-corrected chi connectivity index (χ0v) is 13.9. The van der Waals surface area contributed by atoms with Gasteiger partial charge in [0, 0.05) is 51.2 Å². The molecule has 3 aromatic carbocycles. The third-order valence-corrected chi connectivity index (χ3v) is 3.84. The first kappa shape index (κ1) is 14.9. The molecule has 0 atom stereocenters. The Morgan fingerprint density at radius 1 is 0.955 bits per heavy atom. The van der Waals surface area contributed by atoms with Crippen LogP contribution >= 0.6 is 0 Å². The molecular weight excluding hydrogens is 289 g/mol. The van der Waals surface area contributed by atoms with Crippen LogP contribution in [0.3, 0.4) is 0 Å². The average molecular weight is 300 g/mol. The van der Waals surface area contributed by atoms with Crippen LogP contribution in [-0.2, 0) is 0 Å². The van der Waals surface area contributed by atoms with Gasteiger partial charge in [-0.05, 0) is 23.6 Å². The van der Waals surface area contributed by atoms with E-state index in [0.29, 0.717) is 0 Å². The number of hydrogen-bond acceptors (Lipinski definition) is 2. The van der Waals surface area contributed by atoms with Gasteiger partial charge in [-0.25, -0.2) is 4.79 Å². The minimum Gasteiger partial charge on any atom is -0.507 e. The molecule has 22 heavy (non-hydrogen) atoms. The standard InChI is InChI=1S/C17H11NO3.Na/c19-15-8-12-9(7-13(15)17(20)21)5-6-11-10-3-1-2-4-14(10)18-16(11)12;/h1-8,18-19H,(H,20,21);. The number of fused-ring (bicyclic) bond motifs is 5. The van der Waals surface area contributed by atoms with E-state index < -0.39 is 5.97 Å². The number of aromatic amines is 1. The molecule has 103 valence electrons. The third-order valence-electron chi connectivity index (χ3n) is 3.84. The van der Waals surface area contributed by atoms with Crippen molar-refractivity contribution in [3.05, 3.63) is 54.1 Å². The van der Waals surface area contributed by atoms with E-state index in [1.807, 2.05) is 36.4 Å². The molecule has 0 bridgehead atoms. The van der Waals surface area contributed by atoms with E-state index >= 15 is 0 Å². The van der Waals surface area contributed by atoms with Gasteiger partial charge in [0.2, 0.25) is 0 Å². The number of para-hydroxylation sites is 1. The van der Waals surface area contributed by atoms with Crippen LogP contribution in [0.5, 0.6) is 5.75 Å². The quantitative estimate of drug-likeness (QED) is 0.471. The Morgan fingerprint density at radius 3 is 2.50 bits per heavy atom. The number of rotatable bonds is 1. The van der Waals surface area contributed by atoms with Crippen LogP contribution in [0.25, 0.3) is 32.6 Å². The van der Waals surface area contributed by atoms with Crippen molar-refractivity contribution in [2.24, 2.45) is 0 Å². The summed E-state index contributed by atoms with van der Waals surface area (Å²) < 4.78 is 0. The number of aromatic nitrogens is 1. The molecule has 3 N–H and O–H groups in total. The molecule has 1 heterocycles. The molecule has 5 heteroatoms. The maximum absolute atomic E-state index is 11.1. The van der Waals surface area contributed by atoms with Crippen LogP contribution in [0.15, 0.2) is 48.5 Å². The molecule has 1 radical (unpaired) electrons. The van der Waals surface area contributed by atoms with Gasteiger partial charge in [-0.3, -0.25) is 0 Å². The molecule has 4 aromatic rings. The van der Waals surface area contributed by atoms with Crippen LogP contribution in [-0.4, -0.2) is 50.7 Å². The van der Waals surface area contributed by atoms with E-state index in [4.69, 9.17) is 5.11 Å². The molecule has 4 nitrogen and oxygen atoms in total. The number of aromatic carboxylic acids is 1. The van der Waals surface area contributed by atoms with E-state index in [1.54, 1.807) is 0 Å². The topological polar surface area (TPSA) is 73.3 Å². The Bertz CT molecular complexity index is 1040. The van der Waals surface area contributed by atoms with Gasteiger partial charge in [0.15, 0.2) is 0 Å². The summed E-state index contributed by atoms with van der Waals surface area (Å²) in [6, 6.07) is 14.8. The molecule has 0 saturated carbocycles. The molecule has 0 aliphatic carbocycles. The predicted octanol–water partition coefficient (Wildman–Crippen LogP) is 3.50. The van der Waals surface area contributed by atoms with Gasteiger partial charge >= 0.3 is 5.97 Å². The van der Waals surface area contributed by atoms with Gasteiger partial charge < -0.3 is 15.2 Å². The molecule has 0 aliphatic heterocycles. The number of carbonyl (C=O) groups is 1. The molecule has 0 amide bonds. The molecule has 0 saturated heterocycles. The summed E-state index contributed by atoms with van der Waals surface area (Å²) in [6.07, 6.45) is 0. The van der Waals surface area contributed by atoms with Gasteiger partial charge in [0.25, 0.3) is 0 Å². The zero-order chi connectivity index (χ0) is 14.6. The SMILES string of the molecule is O=C(O)c1cc2ccc3c4ccccc4[nH]c3c2cc1O.[Na]. The number of phenols is 1. The summed E-state index contributed by atoms with van der Waals surface area (Å²) in [7, 11) is 0. The third kappa shape index (κ3) is 2.08. The summed E-state index contributed by atoms with van der Waals surface area (Å²) in [5.74, 6) is -1.35. The zero-order valence-electron chi connectivity index (χ0n) is 11.9. The second kappa shape index (κ2) is 5.32. The Morgan fingerprint density at radius 2 is 1.73 bits per heavy atom. The maximum atomic E-state index is 11.1. The average Bonchev–Trinajstić information content (AvgIpc) is 2.85. The number of aromatic hydroxyl groups is 1. The molecule has 4 rings (SSSR count). The summed E-state index contributed by atoms with van der Waals surface area (Å²) in [5.41, 5.74) is 1.83. The van der Waals surface area contributed by atoms with Crippen LogP contribution in [0.4, 0.5) is 0 Å². The number of nitrogens with one attached hydrogen (secondary N) is 1. The summed E-state index contributed by atoms with van der Waals surface area (Å²) >= 11 is 0. The van der Waals surface area contributed by atoms with Gasteiger partial charge in [0.1, 0.15) is 11.3 Å². The van der Waals surface area contributed by atoms with Crippen molar-refractivity contribution in [1.82, 2.24) is 4.98 Å². The van der Waals surface area contributed by atoms with Crippen molar-refractivity contribution in [2.75, 3.05) is 0 Å². The Hall–Kier alpha value is -2.01. The van der Waals surface area contributed by atoms with E-state index in [2.05, 4.69) is 4.98 Å². The van der Waals surface area contributed by atoms with E-state index in [9.17, 15) is 9.90 Å². The van der Waals surface area contributed by atoms with Gasteiger partial charge in [-0.1, -0.05) is 30.3 Å². The number of H-pyrrole nitrogens is 1.